The van der Waals surface area contributed by atoms with Crippen LogP contribution in [0.2, 0.25) is 0 Å². The van der Waals surface area contributed by atoms with Crippen molar-refractivity contribution < 1.29 is 9.90 Å². The molecule has 2 heterocycles. The van der Waals surface area contributed by atoms with Gasteiger partial charge in [-0.1, -0.05) is 0 Å². The average molecular weight is 162 g/mol. The van der Waals surface area contributed by atoms with Gasteiger partial charge in [0, 0.05) is 11.8 Å². The summed E-state index contributed by atoms with van der Waals surface area (Å²) in [5.41, 5.74) is 1.49. The zero-order valence-corrected chi connectivity index (χ0v) is 6.11. The molecule has 0 aromatic heterocycles. The number of nitrogens with zero attached hydrogens (tertiary/aromatic N) is 1. The Morgan fingerprint density at radius 2 is 2.42 bits per heavy atom. The lowest BCUT2D eigenvalue weighted by Gasteiger charge is -1.96. The highest BCUT2D eigenvalue weighted by molar-refractivity contribution is 5.94. The fourth-order valence-electron chi connectivity index (χ4n) is 1.13. The molecule has 0 atom stereocenters. The first kappa shape index (κ1) is 6.84. The molecule has 4 nitrogen and oxygen atoms in total. The van der Waals surface area contributed by atoms with Crippen molar-refractivity contribution in [1.82, 2.24) is 9.97 Å². The van der Waals surface area contributed by atoms with Crippen LogP contribution in [0, 0.1) is 0 Å². The smallest absolute Gasteiger partial charge is 0.355 e. The molecule has 0 saturated heterocycles. The van der Waals surface area contributed by atoms with Crippen LogP contribution in [0.15, 0.2) is 24.5 Å². The van der Waals surface area contributed by atoms with Gasteiger partial charge in [-0.25, -0.2) is 9.78 Å². The predicted molar refractivity (Wildman–Crippen MR) is 42.2 cm³/mol. The second kappa shape index (κ2) is 2.34. The Labute approximate surface area is 68.2 Å². The fourth-order valence-corrected chi connectivity index (χ4v) is 1.13. The number of carboxylic acids is 1. The van der Waals surface area contributed by atoms with E-state index in [9.17, 15) is 4.79 Å². The number of carbonyl (C=O) groups is 1. The first-order valence-electron chi connectivity index (χ1n) is 3.44. The Kier molecular flexibility index (Phi) is 1.33. The number of carboxylic acid groups (broad SMARTS) is 1. The molecule has 0 fully saturated rings. The van der Waals surface area contributed by atoms with Gasteiger partial charge >= 0.3 is 5.97 Å². The molecule has 0 aromatic rings. The quantitative estimate of drug-likeness (QED) is 0.662. The van der Waals surface area contributed by atoms with E-state index in [4.69, 9.17) is 5.11 Å². The minimum atomic E-state index is -0.996. The molecular weight excluding hydrogens is 156 g/mol. The normalized spacial score (nSPS) is 10.3. The number of H-pyrrole nitrogens is 1. The minimum absolute atomic E-state index is 0.0989. The lowest BCUT2D eigenvalue weighted by atomic mass is 10.2. The molecule has 0 aromatic carbocycles. The standard InChI is InChI=1S/C8H6N2O2/c11-8(12)7-5-2-1-3-9-6(5)4-10-7/h1-4,9H,(H,11,12). The summed E-state index contributed by atoms with van der Waals surface area (Å²) in [4.78, 5) is 17.3. The van der Waals surface area contributed by atoms with Gasteiger partial charge in [0.15, 0.2) is 5.69 Å². The number of fused-ring (bicyclic) bond motifs is 1. The first-order valence-corrected chi connectivity index (χ1v) is 3.44. The molecule has 0 amide bonds. The van der Waals surface area contributed by atoms with Gasteiger partial charge in [0.1, 0.15) is 0 Å². The van der Waals surface area contributed by atoms with Crippen LogP contribution < -0.4 is 0 Å². The van der Waals surface area contributed by atoms with Crippen molar-refractivity contribution in [2.75, 3.05) is 0 Å². The molecule has 2 rings (SSSR count). The summed E-state index contributed by atoms with van der Waals surface area (Å²) in [6.45, 7) is 0. The maximum atomic E-state index is 10.6. The van der Waals surface area contributed by atoms with Crippen LogP contribution in [-0.4, -0.2) is 21.0 Å². The van der Waals surface area contributed by atoms with Gasteiger partial charge in [-0.2, -0.15) is 0 Å². The summed E-state index contributed by atoms with van der Waals surface area (Å²) in [6.07, 6.45) is 3.24. The van der Waals surface area contributed by atoms with Crippen LogP contribution >= 0.6 is 0 Å². The Morgan fingerprint density at radius 1 is 1.58 bits per heavy atom. The molecule has 12 heavy (non-hydrogen) atoms. The monoisotopic (exact) mass is 162 g/mol. The Bertz CT molecular complexity index is 394. The van der Waals surface area contributed by atoms with E-state index >= 15 is 0 Å². The third-order valence-corrected chi connectivity index (χ3v) is 1.67. The summed E-state index contributed by atoms with van der Waals surface area (Å²) in [5, 5.41) is 8.70. The molecule has 0 aliphatic carbocycles. The molecule has 0 unspecified atom stereocenters. The van der Waals surface area contributed by atoms with Crippen molar-refractivity contribution in [1.29, 1.82) is 0 Å². The van der Waals surface area contributed by atoms with Gasteiger partial charge in [-0.05, 0) is 12.1 Å². The maximum Gasteiger partial charge on any atom is 0.355 e. The zero-order chi connectivity index (χ0) is 8.55. The highest BCUT2D eigenvalue weighted by Gasteiger charge is 2.15. The number of nitrogens with one attached hydrogen (secondary N) is 1. The molecule has 0 saturated carbocycles. The third kappa shape index (κ3) is 0.852. The van der Waals surface area contributed by atoms with Gasteiger partial charge < -0.3 is 10.1 Å². The number of aromatic carboxylic acids is 1. The molecule has 0 bridgehead atoms. The number of pyridine rings is 1. The Morgan fingerprint density at radius 3 is 3.17 bits per heavy atom. The average Bonchev–Trinajstić information content (AvgIpc) is 2.47. The molecular formula is C8H6N2O2. The molecule has 2 N–H and O–H groups in total. The van der Waals surface area contributed by atoms with E-state index in [-0.39, 0.29) is 5.69 Å². The van der Waals surface area contributed by atoms with Crippen LogP contribution in [0.4, 0.5) is 0 Å². The van der Waals surface area contributed by atoms with Crippen molar-refractivity contribution >= 4 is 5.97 Å². The summed E-state index contributed by atoms with van der Waals surface area (Å²) in [6, 6.07) is 3.47. The third-order valence-electron chi connectivity index (χ3n) is 1.67. The van der Waals surface area contributed by atoms with Crippen LogP contribution in [0.3, 0.4) is 0 Å². The van der Waals surface area contributed by atoms with E-state index in [1.807, 2.05) is 0 Å². The van der Waals surface area contributed by atoms with E-state index in [1.54, 1.807) is 18.3 Å². The highest BCUT2D eigenvalue weighted by atomic mass is 16.4. The maximum absolute atomic E-state index is 10.6. The highest BCUT2D eigenvalue weighted by Crippen LogP contribution is 2.21. The van der Waals surface area contributed by atoms with Crippen molar-refractivity contribution in [3.63, 3.8) is 0 Å². The molecule has 0 spiro atoms. The lowest BCUT2D eigenvalue weighted by molar-refractivity contribution is 0.0692. The fraction of sp³-hybridized carbons (Fsp3) is 0. The molecule has 2 aliphatic rings. The summed E-state index contributed by atoms with van der Waals surface area (Å²) >= 11 is 0. The van der Waals surface area contributed by atoms with Crippen molar-refractivity contribution in [3.05, 3.63) is 30.2 Å². The van der Waals surface area contributed by atoms with E-state index < -0.39 is 5.97 Å². The number of hydrogen-bond acceptors (Lipinski definition) is 2. The number of aromatic amines is 1. The largest absolute Gasteiger partial charge is 0.476 e. The summed E-state index contributed by atoms with van der Waals surface area (Å²) in [5.74, 6) is -0.996. The van der Waals surface area contributed by atoms with Crippen molar-refractivity contribution in [3.8, 4) is 11.3 Å². The van der Waals surface area contributed by atoms with Crippen LogP contribution in [0.25, 0.3) is 11.3 Å². The summed E-state index contributed by atoms with van der Waals surface area (Å²) in [7, 11) is 0. The Hall–Kier alpha value is -1.84. The predicted octanol–water partition coefficient (Wildman–Crippen LogP) is 1.21. The zero-order valence-electron chi connectivity index (χ0n) is 6.11. The molecule has 60 valence electrons. The number of hydrogen-bond donors (Lipinski definition) is 2. The second-order valence-electron chi connectivity index (χ2n) is 2.41. The molecule has 4 heteroatoms. The van der Waals surface area contributed by atoms with Gasteiger partial charge in [0.25, 0.3) is 0 Å². The topological polar surface area (TPSA) is 66.0 Å². The summed E-state index contributed by atoms with van der Waals surface area (Å²) < 4.78 is 0. The van der Waals surface area contributed by atoms with Gasteiger partial charge in [0.05, 0.1) is 11.9 Å². The molecule has 2 aliphatic heterocycles. The van der Waals surface area contributed by atoms with Gasteiger partial charge in [-0.3, -0.25) is 0 Å². The second-order valence-corrected chi connectivity index (χ2v) is 2.41. The van der Waals surface area contributed by atoms with Crippen LogP contribution in [0.1, 0.15) is 10.5 Å². The van der Waals surface area contributed by atoms with Crippen LogP contribution in [-0.2, 0) is 0 Å². The van der Waals surface area contributed by atoms with Gasteiger partial charge in [0.2, 0.25) is 0 Å². The Balaban J connectivity index is 2.67. The van der Waals surface area contributed by atoms with E-state index in [2.05, 4.69) is 9.97 Å². The van der Waals surface area contributed by atoms with Crippen molar-refractivity contribution in [2.45, 2.75) is 0 Å². The van der Waals surface area contributed by atoms with E-state index in [0.717, 1.165) is 5.69 Å². The van der Waals surface area contributed by atoms with Crippen LogP contribution in [0.5, 0.6) is 0 Å². The number of aromatic nitrogens is 2. The SMILES string of the molecule is O=C(O)c1ncc2[nH]cccc1-2. The minimum Gasteiger partial charge on any atom is -0.476 e. The lowest BCUT2D eigenvalue weighted by Crippen LogP contribution is -1.97. The van der Waals surface area contributed by atoms with Crippen molar-refractivity contribution in [2.24, 2.45) is 0 Å². The molecule has 0 radical (unpaired) electrons. The van der Waals surface area contributed by atoms with E-state index in [1.165, 1.54) is 6.20 Å². The number of rotatable bonds is 1. The van der Waals surface area contributed by atoms with Gasteiger partial charge in [-0.15, -0.1) is 0 Å². The van der Waals surface area contributed by atoms with E-state index in [0.29, 0.717) is 5.56 Å². The first-order chi connectivity index (χ1) is 5.79.